The molecule has 16 heavy (non-hydrogen) atoms. The van der Waals surface area contributed by atoms with E-state index in [-0.39, 0.29) is 0 Å². The number of hydrogen-bond acceptors (Lipinski definition) is 3. The van der Waals surface area contributed by atoms with Crippen LogP contribution >= 0.6 is 11.3 Å². The number of aryl methyl sites for hydroxylation is 1. The normalized spacial score (nSPS) is 11.3. The van der Waals surface area contributed by atoms with Crippen LogP contribution in [0.15, 0.2) is 0 Å². The molecule has 0 aliphatic heterocycles. The summed E-state index contributed by atoms with van der Waals surface area (Å²) in [4.78, 5) is 6.04. The Bertz CT molecular complexity index is 305. The van der Waals surface area contributed by atoms with E-state index in [1.807, 2.05) is 11.3 Å². The summed E-state index contributed by atoms with van der Waals surface area (Å²) in [5, 5.41) is 4.77. The fourth-order valence-electron chi connectivity index (χ4n) is 1.59. The molecular formula is C13H24N2S. The molecule has 0 aliphatic carbocycles. The van der Waals surface area contributed by atoms with Gasteiger partial charge in [0.15, 0.2) is 0 Å². The highest BCUT2D eigenvalue weighted by molar-refractivity contribution is 7.11. The number of thiazole rings is 1. The van der Waals surface area contributed by atoms with Crippen LogP contribution in [-0.4, -0.2) is 11.5 Å². The number of unbranched alkanes of at least 4 members (excludes halogenated alkanes) is 1. The Balaban J connectivity index is 2.43. The van der Waals surface area contributed by atoms with E-state index in [2.05, 4.69) is 38.0 Å². The molecule has 0 aromatic carbocycles. The molecule has 0 bridgehead atoms. The molecule has 0 unspecified atom stereocenters. The number of hydrogen-bond donors (Lipinski definition) is 1. The molecule has 92 valence electrons. The Hall–Kier alpha value is -0.410. The van der Waals surface area contributed by atoms with Crippen LogP contribution in [0, 0.1) is 12.8 Å². The maximum absolute atomic E-state index is 4.63. The number of aromatic nitrogens is 1. The van der Waals surface area contributed by atoms with Crippen molar-refractivity contribution >= 4 is 11.3 Å². The summed E-state index contributed by atoms with van der Waals surface area (Å²) >= 11 is 1.87. The maximum Gasteiger partial charge on any atom is 0.0934 e. The minimum atomic E-state index is 0.700. The summed E-state index contributed by atoms with van der Waals surface area (Å²) in [5.74, 6) is 0.700. The Morgan fingerprint density at radius 2 is 2.12 bits per heavy atom. The molecule has 1 heterocycles. The first-order valence-corrected chi connectivity index (χ1v) is 7.11. The lowest BCUT2D eigenvalue weighted by Gasteiger charge is -2.01. The summed E-state index contributed by atoms with van der Waals surface area (Å²) in [6.07, 6.45) is 3.63. The molecule has 0 atom stereocenters. The van der Waals surface area contributed by atoms with Crippen LogP contribution in [0.3, 0.4) is 0 Å². The van der Waals surface area contributed by atoms with Gasteiger partial charge >= 0.3 is 0 Å². The summed E-state index contributed by atoms with van der Waals surface area (Å²) in [6.45, 7) is 10.9. The van der Waals surface area contributed by atoms with Crippen molar-refractivity contribution in [2.45, 2.75) is 53.5 Å². The SMILES string of the molecule is CCCCNCc1sc(CC(C)C)nc1C. The van der Waals surface area contributed by atoms with E-state index in [4.69, 9.17) is 0 Å². The zero-order valence-electron chi connectivity index (χ0n) is 11.0. The van der Waals surface area contributed by atoms with Gasteiger partial charge in [-0.25, -0.2) is 4.98 Å². The van der Waals surface area contributed by atoms with Crippen molar-refractivity contribution in [3.63, 3.8) is 0 Å². The monoisotopic (exact) mass is 240 g/mol. The first-order valence-electron chi connectivity index (χ1n) is 6.29. The van der Waals surface area contributed by atoms with E-state index in [9.17, 15) is 0 Å². The van der Waals surface area contributed by atoms with Gasteiger partial charge in [0.2, 0.25) is 0 Å². The van der Waals surface area contributed by atoms with Gasteiger partial charge in [-0.2, -0.15) is 0 Å². The van der Waals surface area contributed by atoms with Gasteiger partial charge < -0.3 is 5.32 Å². The molecule has 0 radical (unpaired) electrons. The van der Waals surface area contributed by atoms with Crippen molar-refractivity contribution in [1.29, 1.82) is 0 Å². The van der Waals surface area contributed by atoms with Crippen molar-refractivity contribution in [3.8, 4) is 0 Å². The van der Waals surface area contributed by atoms with Crippen molar-refractivity contribution < 1.29 is 0 Å². The molecule has 0 spiro atoms. The zero-order chi connectivity index (χ0) is 12.0. The second-order valence-electron chi connectivity index (χ2n) is 4.74. The summed E-state index contributed by atoms with van der Waals surface area (Å²) < 4.78 is 0. The molecule has 2 nitrogen and oxygen atoms in total. The van der Waals surface area contributed by atoms with E-state index in [0.29, 0.717) is 5.92 Å². The molecular weight excluding hydrogens is 216 g/mol. The Labute approximate surface area is 103 Å². The molecule has 3 heteroatoms. The predicted octanol–water partition coefficient (Wildman–Crippen LogP) is 3.54. The number of nitrogens with one attached hydrogen (secondary N) is 1. The first kappa shape index (κ1) is 13.7. The van der Waals surface area contributed by atoms with Crippen molar-refractivity contribution in [3.05, 3.63) is 15.6 Å². The first-order chi connectivity index (χ1) is 7.63. The minimum Gasteiger partial charge on any atom is -0.312 e. The van der Waals surface area contributed by atoms with Crippen LogP contribution in [0.5, 0.6) is 0 Å². The van der Waals surface area contributed by atoms with Gasteiger partial charge in [-0.05, 0) is 25.8 Å². The second-order valence-corrected chi connectivity index (χ2v) is 5.91. The van der Waals surface area contributed by atoms with Crippen LogP contribution < -0.4 is 5.32 Å². The Morgan fingerprint density at radius 1 is 1.38 bits per heavy atom. The topological polar surface area (TPSA) is 24.9 Å². The highest BCUT2D eigenvalue weighted by atomic mass is 32.1. The zero-order valence-corrected chi connectivity index (χ0v) is 11.8. The number of nitrogens with zero attached hydrogens (tertiary/aromatic N) is 1. The van der Waals surface area contributed by atoms with E-state index in [0.717, 1.165) is 19.5 Å². The van der Waals surface area contributed by atoms with Crippen LogP contribution in [0.4, 0.5) is 0 Å². The molecule has 1 aromatic rings. The summed E-state index contributed by atoms with van der Waals surface area (Å²) in [6, 6.07) is 0. The third kappa shape index (κ3) is 4.62. The Kier molecular flexibility index (Phi) is 5.99. The van der Waals surface area contributed by atoms with Gasteiger partial charge in [0.25, 0.3) is 0 Å². The molecule has 0 aliphatic rings. The highest BCUT2D eigenvalue weighted by Gasteiger charge is 2.08. The summed E-state index contributed by atoms with van der Waals surface area (Å²) in [5.41, 5.74) is 1.21. The molecule has 1 rings (SSSR count). The third-order valence-electron chi connectivity index (χ3n) is 2.51. The van der Waals surface area contributed by atoms with Gasteiger partial charge in [0, 0.05) is 17.8 Å². The van der Waals surface area contributed by atoms with Crippen molar-refractivity contribution in [2.24, 2.45) is 5.92 Å². The molecule has 0 amide bonds. The van der Waals surface area contributed by atoms with Crippen LogP contribution in [0.1, 0.15) is 49.2 Å². The minimum absolute atomic E-state index is 0.700. The smallest absolute Gasteiger partial charge is 0.0934 e. The lowest BCUT2D eigenvalue weighted by atomic mass is 10.1. The molecule has 1 aromatic heterocycles. The van der Waals surface area contributed by atoms with Gasteiger partial charge in [-0.3, -0.25) is 0 Å². The van der Waals surface area contributed by atoms with E-state index < -0.39 is 0 Å². The molecule has 0 fully saturated rings. The maximum atomic E-state index is 4.63. The fraction of sp³-hybridized carbons (Fsp3) is 0.769. The third-order valence-corrected chi connectivity index (χ3v) is 3.69. The fourth-order valence-corrected chi connectivity index (χ4v) is 2.84. The average Bonchev–Trinajstić information content (AvgIpc) is 2.53. The largest absolute Gasteiger partial charge is 0.312 e. The lowest BCUT2D eigenvalue weighted by Crippen LogP contribution is -2.14. The second kappa shape index (κ2) is 7.02. The van der Waals surface area contributed by atoms with Gasteiger partial charge in [0.05, 0.1) is 10.7 Å². The van der Waals surface area contributed by atoms with E-state index >= 15 is 0 Å². The van der Waals surface area contributed by atoms with Crippen molar-refractivity contribution in [1.82, 2.24) is 10.3 Å². The van der Waals surface area contributed by atoms with E-state index in [1.165, 1.54) is 28.4 Å². The average molecular weight is 240 g/mol. The predicted molar refractivity (Wildman–Crippen MR) is 72.0 cm³/mol. The Morgan fingerprint density at radius 3 is 2.75 bits per heavy atom. The van der Waals surface area contributed by atoms with Crippen LogP contribution in [0.2, 0.25) is 0 Å². The standard InChI is InChI=1S/C13H24N2S/c1-5-6-7-14-9-12-11(4)15-13(16-12)8-10(2)3/h10,14H,5-9H2,1-4H3. The van der Waals surface area contributed by atoms with Gasteiger partial charge in [-0.1, -0.05) is 27.2 Å². The van der Waals surface area contributed by atoms with Crippen molar-refractivity contribution in [2.75, 3.05) is 6.54 Å². The van der Waals surface area contributed by atoms with E-state index in [1.54, 1.807) is 0 Å². The highest BCUT2D eigenvalue weighted by Crippen LogP contribution is 2.20. The lowest BCUT2D eigenvalue weighted by molar-refractivity contribution is 0.641. The van der Waals surface area contributed by atoms with Gasteiger partial charge in [-0.15, -0.1) is 11.3 Å². The molecule has 0 saturated carbocycles. The molecule has 1 N–H and O–H groups in total. The van der Waals surface area contributed by atoms with Crippen LogP contribution in [0.25, 0.3) is 0 Å². The van der Waals surface area contributed by atoms with Crippen LogP contribution in [-0.2, 0) is 13.0 Å². The number of rotatable bonds is 7. The molecule has 0 saturated heterocycles. The summed E-state index contributed by atoms with van der Waals surface area (Å²) in [7, 11) is 0. The van der Waals surface area contributed by atoms with Gasteiger partial charge in [0.1, 0.15) is 0 Å². The quantitative estimate of drug-likeness (QED) is 0.737.